The lowest BCUT2D eigenvalue weighted by atomic mass is 10.00. The Morgan fingerprint density at radius 1 is 1.11 bits per heavy atom. The summed E-state index contributed by atoms with van der Waals surface area (Å²) in [6.07, 6.45) is 3.61. The lowest BCUT2D eigenvalue weighted by Crippen LogP contribution is -2.34. The van der Waals surface area contributed by atoms with Crippen molar-refractivity contribution in [2.75, 3.05) is 31.5 Å². The molecule has 2 atom stereocenters. The molecule has 160 valence electrons. The molecule has 0 heterocycles. The standard InChI is InChI=1S/C20H32N4O2.2ClH/c1-3-24(4-2)13-12-22-20(26)15-8-10-17(11-9-15)23-19(25)14-16-6-5-7-18(16)21;;/h8-11,16,18H,3-7,12-14,21H2,1-2H3,(H,22,26)(H,23,25);2*1H/t16-,18+;;/m0../s1. The maximum absolute atomic E-state index is 12.2. The van der Waals surface area contributed by atoms with Gasteiger partial charge in [0.2, 0.25) is 5.91 Å². The van der Waals surface area contributed by atoms with E-state index >= 15 is 0 Å². The van der Waals surface area contributed by atoms with Gasteiger partial charge in [0.15, 0.2) is 0 Å². The van der Waals surface area contributed by atoms with E-state index in [1.54, 1.807) is 24.3 Å². The van der Waals surface area contributed by atoms with Crippen molar-refractivity contribution >= 4 is 42.3 Å². The van der Waals surface area contributed by atoms with Crippen molar-refractivity contribution in [3.63, 3.8) is 0 Å². The van der Waals surface area contributed by atoms with E-state index in [-0.39, 0.29) is 48.6 Å². The summed E-state index contributed by atoms with van der Waals surface area (Å²) in [6, 6.07) is 7.16. The molecule has 4 N–H and O–H groups in total. The van der Waals surface area contributed by atoms with Crippen LogP contribution in [0.3, 0.4) is 0 Å². The summed E-state index contributed by atoms with van der Waals surface area (Å²) in [6.45, 7) is 7.65. The number of benzene rings is 1. The highest BCUT2D eigenvalue weighted by molar-refractivity contribution is 5.95. The van der Waals surface area contributed by atoms with E-state index in [0.717, 1.165) is 38.9 Å². The molecule has 0 aliphatic heterocycles. The fourth-order valence-electron chi connectivity index (χ4n) is 3.44. The average molecular weight is 433 g/mol. The Morgan fingerprint density at radius 2 is 1.75 bits per heavy atom. The van der Waals surface area contributed by atoms with Gasteiger partial charge in [-0.1, -0.05) is 20.3 Å². The zero-order chi connectivity index (χ0) is 18.9. The van der Waals surface area contributed by atoms with Crippen LogP contribution in [0.15, 0.2) is 24.3 Å². The second-order valence-electron chi connectivity index (χ2n) is 6.97. The molecule has 0 unspecified atom stereocenters. The normalized spacial score (nSPS) is 18.1. The maximum atomic E-state index is 12.2. The summed E-state index contributed by atoms with van der Waals surface area (Å²) in [5.41, 5.74) is 7.33. The van der Waals surface area contributed by atoms with Crippen molar-refractivity contribution in [1.29, 1.82) is 0 Å². The number of nitrogens with two attached hydrogens (primary N) is 1. The molecule has 1 aliphatic rings. The van der Waals surface area contributed by atoms with Crippen LogP contribution in [0, 0.1) is 5.92 Å². The van der Waals surface area contributed by atoms with Gasteiger partial charge in [-0.25, -0.2) is 0 Å². The van der Waals surface area contributed by atoms with E-state index < -0.39 is 0 Å². The molecule has 0 spiro atoms. The molecule has 1 fully saturated rings. The highest BCUT2D eigenvalue weighted by Crippen LogP contribution is 2.27. The maximum Gasteiger partial charge on any atom is 0.251 e. The van der Waals surface area contributed by atoms with Crippen molar-refractivity contribution in [3.8, 4) is 0 Å². The summed E-state index contributed by atoms with van der Waals surface area (Å²) in [5.74, 6) is 0.182. The third-order valence-corrected chi connectivity index (χ3v) is 5.20. The molecule has 1 saturated carbocycles. The van der Waals surface area contributed by atoms with Gasteiger partial charge < -0.3 is 21.3 Å². The van der Waals surface area contributed by atoms with Crippen molar-refractivity contribution in [1.82, 2.24) is 10.2 Å². The quantitative estimate of drug-likeness (QED) is 0.559. The first-order valence-electron chi connectivity index (χ1n) is 9.69. The Hall–Kier alpha value is -1.34. The van der Waals surface area contributed by atoms with Gasteiger partial charge in [-0.05, 0) is 56.1 Å². The van der Waals surface area contributed by atoms with Crippen LogP contribution in [0.2, 0.25) is 0 Å². The average Bonchev–Trinajstić information content (AvgIpc) is 3.03. The van der Waals surface area contributed by atoms with Crippen LogP contribution in [0.1, 0.15) is 49.9 Å². The third kappa shape index (κ3) is 8.35. The zero-order valence-corrected chi connectivity index (χ0v) is 18.4. The van der Waals surface area contributed by atoms with E-state index in [9.17, 15) is 9.59 Å². The fraction of sp³-hybridized carbons (Fsp3) is 0.600. The molecule has 1 aromatic carbocycles. The topological polar surface area (TPSA) is 87.5 Å². The summed E-state index contributed by atoms with van der Waals surface area (Å²) in [4.78, 5) is 26.6. The molecule has 6 nitrogen and oxygen atoms in total. The molecule has 2 amide bonds. The minimum atomic E-state index is -0.0908. The monoisotopic (exact) mass is 432 g/mol. The van der Waals surface area contributed by atoms with Crippen LogP contribution in [-0.2, 0) is 4.79 Å². The number of amides is 2. The van der Waals surface area contributed by atoms with Crippen LogP contribution in [0.25, 0.3) is 0 Å². The number of carbonyl (C=O) groups excluding carboxylic acids is 2. The molecule has 0 bridgehead atoms. The molecule has 2 rings (SSSR count). The molecule has 0 saturated heterocycles. The van der Waals surface area contributed by atoms with Crippen LogP contribution in [0.4, 0.5) is 5.69 Å². The number of rotatable bonds is 9. The first-order chi connectivity index (χ1) is 12.5. The van der Waals surface area contributed by atoms with Crippen LogP contribution in [-0.4, -0.2) is 48.9 Å². The molecular formula is C20H34Cl2N4O2. The predicted octanol–water partition coefficient (Wildman–Crippen LogP) is 3.06. The summed E-state index contributed by atoms with van der Waals surface area (Å²) in [7, 11) is 0. The minimum Gasteiger partial charge on any atom is -0.351 e. The Labute approximate surface area is 180 Å². The van der Waals surface area contributed by atoms with Gasteiger partial charge in [0.25, 0.3) is 5.91 Å². The number of anilines is 1. The minimum absolute atomic E-state index is 0. The summed E-state index contributed by atoms with van der Waals surface area (Å²) < 4.78 is 0. The van der Waals surface area contributed by atoms with Gasteiger partial charge in [0.1, 0.15) is 0 Å². The van der Waals surface area contributed by atoms with E-state index in [4.69, 9.17) is 5.73 Å². The second-order valence-corrected chi connectivity index (χ2v) is 6.97. The molecule has 0 radical (unpaired) electrons. The lowest BCUT2D eigenvalue weighted by molar-refractivity contribution is -0.117. The fourth-order valence-corrected chi connectivity index (χ4v) is 3.44. The lowest BCUT2D eigenvalue weighted by Gasteiger charge is -2.18. The number of carbonyl (C=O) groups is 2. The number of halogens is 2. The number of likely N-dealkylation sites (N-methyl/N-ethyl adjacent to an activating group) is 1. The van der Waals surface area contributed by atoms with Crippen molar-refractivity contribution in [2.24, 2.45) is 11.7 Å². The number of hydrogen-bond donors (Lipinski definition) is 3. The first-order valence-corrected chi connectivity index (χ1v) is 9.69. The smallest absolute Gasteiger partial charge is 0.251 e. The molecule has 1 aromatic rings. The summed E-state index contributed by atoms with van der Waals surface area (Å²) >= 11 is 0. The van der Waals surface area contributed by atoms with Gasteiger partial charge in [-0.15, -0.1) is 24.8 Å². The van der Waals surface area contributed by atoms with Crippen LogP contribution >= 0.6 is 24.8 Å². The Kier molecular flexibility index (Phi) is 13.1. The highest BCUT2D eigenvalue weighted by Gasteiger charge is 2.26. The van der Waals surface area contributed by atoms with Crippen LogP contribution in [0.5, 0.6) is 0 Å². The predicted molar refractivity (Wildman–Crippen MR) is 120 cm³/mol. The Balaban J connectivity index is 0.00000364. The van der Waals surface area contributed by atoms with Crippen molar-refractivity contribution in [3.05, 3.63) is 29.8 Å². The number of nitrogens with zero attached hydrogens (tertiary/aromatic N) is 1. The molecule has 8 heteroatoms. The van der Waals surface area contributed by atoms with Gasteiger partial charge in [-0.2, -0.15) is 0 Å². The number of nitrogens with one attached hydrogen (secondary N) is 2. The Morgan fingerprint density at radius 3 is 2.29 bits per heavy atom. The molecule has 1 aliphatic carbocycles. The van der Waals surface area contributed by atoms with Gasteiger partial charge in [0.05, 0.1) is 0 Å². The van der Waals surface area contributed by atoms with Crippen molar-refractivity contribution in [2.45, 2.75) is 45.6 Å². The highest BCUT2D eigenvalue weighted by atomic mass is 35.5. The van der Waals surface area contributed by atoms with Gasteiger partial charge in [-0.3, -0.25) is 9.59 Å². The summed E-state index contributed by atoms with van der Waals surface area (Å²) in [5, 5.41) is 5.83. The Bertz CT molecular complexity index is 594. The van der Waals surface area contributed by atoms with E-state index in [2.05, 4.69) is 29.4 Å². The van der Waals surface area contributed by atoms with E-state index in [1.165, 1.54) is 0 Å². The van der Waals surface area contributed by atoms with E-state index in [0.29, 0.717) is 24.2 Å². The largest absolute Gasteiger partial charge is 0.351 e. The molecule has 0 aromatic heterocycles. The SMILES string of the molecule is CCN(CC)CCNC(=O)c1ccc(NC(=O)C[C@@H]2CCC[C@H]2N)cc1.Cl.Cl. The van der Waals surface area contributed by atoms with E-state index in [1.807, 2.05) is 0 Å². The van der Waals surface area contributed by atoms with Gasteiger partial charge >= 0.3 is 0 Å². The molecular weight excluding hydrogens is 399 g/mol. The number of hydrogen-bond acceptors (Lipinski definition) is 4. The third-order valence-electron chi connectivity index (χ3n) is 5.20. The van der Waals surface area contributed by atoms with Crippen LogP contribution < -0.4 is 16.4 Å². The van der Waals surface area contributed by atoms with Crippen molar-refractivity contribution < 1.29 is 9.59 Å². The second kappa shape index (κ2) is 13.8. The zero-order valence-electron chi connectivity index (χ0n) is 16.8. The molecule has 28 heavy (non-hydrogen) atoms. The first kappa shape index (κ1) is 26.7. The van der Waals surface area contributed by atoms with Gasteiger partial charge in [0, 0.05) is 36.8 Å².